The van der Waals surface area contributed by atoms with Crippen LogP contribution in [0.15, 0.2) is 52.6 Å². The summed E-state index contributed by atoms with van der Waals surface area (Å²) in [7, 11) is 0. The zero-order valence-electron chi connectivity index (χ0n) is 12.4. The van der Waals surface area contributed by atoms with Gasteiger partial charge in [0.25, 0.3) is 5.91 Å². The lowest BCUT2D eigenvalue weighted by atomic mass is 10.1. The van der Waals surface area contributed by atoms with Crippen molar-refractivity contribution in [2.24, 2.45) is 0 Å². The second kappa shape index (κ2) is 4.98. The van der Waals surface area contributed by atoms with Gasteiger partial charge in [-0.25, -0.2) is 9.69 Å². The minimum atomic E-state index is -0.626. The standard InChI is InChI=1S/C18H13NO4/c1-2-19-17(20)16(23-18(19)21)10-11-7-8-15-13(9-11)12-5-3-4-6-14(12)22-15/h3-10H,2H2,1H3/b16-10+. The van der Waals surface area contributed by atoms with Crippen LogP contribution in [-0.4, -0.2) is 23.4 Å². The molecule has 1 aliphatic heterocycles. The summed E-state index contributed by atoms with van der Waals surface area (Å²) >= 11 is 0. The molecule has 5 nitrogen and oxygen atoms in total. The molecule has 0 atom stereocenters. The van der Waals surface area contributed by atoms with Crippen molar-refractivity contribution in [1.82, 2.24) is 4.90 Å². The number of furan rings is 1. The first-order chi connectivity index (χ1) is 11.2. The van der Waals surface area contributed by atoms with Crippen LogP contribution in [-0.2, 0) is 9.53 Å². The van der Waals surface area contributed by atoms with E-state index in [0.29, 0.717) is 6.54 Å². The van der Waals surface area contributed by atoms with Crippen LogP contribution >= 0.6 is 0 Å². The molecule has 2 amide bonds. The molecule has 2 aromatic carbocycles. The fourth-order valence-electron chi connectivity index (χ4n) is 2.76. The summed E-state index contributed by atoms with van der Waals surface area (Å²) in [4.78, 5) is 24.7. The molecule has 2 heterocycles. The van der Waals surface area contributed by atoms with Gasteiger partial charge in [-0.15, -0.1) is 0 Å². The Bertz CT molecular complexity index is 983. The molecular formula is C18H13NO4. The van der Waals surface area contributed by atoms with Gasteiger partial charge in [-0.1, -0.05) is 24.3 Å². The van der Waals surface area contributed by atoms with Crippen LogP contribution < -0.4 is 0 Å². The van der Waals surface area contributed by atoms with Crippen LogP contribution in [0.25, 0.3) is 28.0 Å². The van der Waals surface area contributed by atoms with Crippen molar-refractivity contribution >= 4 is 40.0 Å². The number of likely N-dealkylation sites (N-methyl/N-ethyl adjacent to an activating group) is 1. The number of amides is 2. The van der Waals surface area contributed by atoms with Crippen molar-refractivity contribution in [3.8, 4) is 0 Å². The molecule has 4 rings (SSSR count). The zero-order chi connectivity index (χ0) is 16.0. The fourth-order valence-corrected chi connectivity index (χ4v) is 2.76. The second-order valence-electron chi connectivity index (χ2n) is 5.28. The molecule has 1 saturated heterocycles. The Balaban J connectivity index is 1.81. The number of hydrogen-bond acceptors (Lipinski definition) is 4. The van der Waals surface area contributed by atoms with Gasteiger partial charge in [0, 0.05) is 17.3 Å². The minimum absolute atomic E-state index is 0.0454. The van der Waals surface area contributed by atoms with E-state index in [9.17, 15) is 9.59 Å². The molecule has 0 aliphatic carbocycles. The topological polar surface area (TPSA) is 59.8 Å². The third kappa shape index (κ3) is 2.09. The first kappa shape index (κ1) is 13.6. The van der Waals surface area contributed by atoms with Crippen molar-refractivity contribution < 1.29 is 18.7 Å². The first-order valence-electron chi connectivity index (χ1n) is 7.34. The molecule has 1 fully saturated rings. The van der Waals surface area contributed by atoms with Crippen LogP contribution in [0.4, 0.5) is 4.79 Å². The van der Waals surface area contributed by atoms with Gasteiger partial charge in [-0.2, -0.15) is 0 Å². The van der Waals surface area contributed by atoms with E-state index in [-0.39, 0.29) is 5.76 Å². The van der Waals surface area contributed by atoms with E-state index in [0.717, 1.165) is 32.4 Å². The SMILES string of the molecule is CCN1C(=O)O/C(=C/c2ccc3oc4ccccc4c3c2)C1=O. The zero-order valence-corrected chi connectivity index (χ0v) is 12.4. The Hall–Kier alpha value is -3.08. The predicted molar refractivity (Wildman–Crippen MR) is 85.6 cm³/mol. The quantitative estimate of drug-likeness (QED) is 0.673. The summed E-state index contributed by atoms with van der Waals surface area (Å²) in [5.74, 6) is -0.362. The number of cyclic esters (lactones) is 1. The van der Waals surface area contributed by atoms with Crippen molar-refractivity contribution in [3.63, 3.8) is 0 Å². The summed E-state index contributed by atoms with van der Waals surface area (Å²) in [6, 6.07) is 13.4. The van der Waals surface area contributed by atoms with Gasteiger partial charge in [0.15, 0.2) is 5.76 Å². The highest BCUT2D eigenvalue weighted by molar-refractivity contribution is 6.10. The van der Waals surface area contributed by atoms with Crippen LogP contribution in [0, 0.1) is 0 Å². The normalized spacial score (nSPS) is 16.7. The number of rotatable bonds is 2. The van der Waals surface area contributed by atoms with Gasteiger partial charge in [-0.3, -0.25) is 4.79 Å². The van der Waals surface area contributed by atoms with E-state index in [1.54, 1.807) is 13.0 Å². The molecule has 1 aromatic heterocycles. The van der Waals surface area contributed by atoms with E-state index in [1.165, 1.54) is 0 Å². The van der Waals surface area contributed by atoms with Crippen molar-refractivity contribution in [2.75, 3.05) is 6.54 Å². The number of fused-ring (bicyclic) bond motifs is 3. The lowest BCUT2D eigenvalue weighted by Crippen LogP contribution is -2.28. The van der Waals surface area contributed by atoms with Crippen LogP contribution in [0.5, 0.6) is 0 Å². The van der Waals surface area contributed by atoms with E-state index < -0.39 is 12.0 Å². The predicted octanol–water partition coefficient (Wildman–Crippen LogP) is 3.93. The van der Waals surface area contributed by atoms with E-state index >= 15 is 0 Å². The molecule has 0 N–H and O–H groups in total. The highest BCUT2D eigenvalue weighted by Gasteiger charge is 2.35. The Morgan fingerprint density at radius 2 is 1.83 bits per heavy atom. The Morgan fingerprint density at radius 1 is 1.04 bits per heavy atom. The second-order valence-corrected chi connectivity index (χ2v) is 5.28. The first-order valence-corrected chi connectivity index (χ1v) is 7.34. The van der Waals surface area contributed by atoms with Crippen LogP contribution in [0.1, 0.15) is 12.5 Å². The summed E-state index contributed by atoms with van der Waals surface area (Å²) in [5.41, 5.74) is 2.37. The third-order valence-electron chi connectivity index (χ3n) is 3.89. The molecule has 5 heteroatoms. The van der Waals surface area contributed by atoms with Gasteiger partial charge >= 0.3 is 6.09 Å². The molecule has 1 aliphatic rings. The van der Waals surface area contributed by atoms with E-state index in [4.69, 9.17) is 9.15 Å². The van der Waals surface area contributed by atoms with Crippen LogP contribution in [0.2, 0.25) is 0 Å². The fraction of sp³-hybridized carbons (Fsp3) is 0.111. The van der Waals surface area contributed by atoms with Gasteiger partial charge in [0.2, 0.25) is 0 Å². The average molecular weight is 307 g/mol. The lowest BCUT2D eigenvalue weighted by molar-refractivity contribution is -0.123. The molecule has 0 bridgehead atoms. The number of ether oxygens (including phenoxy) is 1. The highest BCUT2D eigenvalue weighted by atomic mass is 16.6. The monoisotopic (exact) mass is 307 g/mol. The Kier molecular flexibility index (Phi) is 2.94. The maximum atomic E-state index is 12.1. The number of para-hydroxylation sites is 1. The molecular weight excluding hydrogens is 294 g/mol. The number of imide groups is 1. The lowest BCUT2D eigenvalue weighted by Gasteiger charge is -2.03. The highest BCUT2D eigenvalue weighted by Crippen LogP contribution is 2.30. The molecule has 23 heavy (non-hydrogen) atoms. The molecule has 114 valence electrons. The number of benzene rings is 2. The minimum Gasteiger partial charge on any atom is -0.456 e. The Morgan fingerprint density at radius 3 is 2.61 bits per heavy atom. The number of carbonyl (C=O) groups excluding carboxylic acids is 2. The molecule has 0 saturated carbocycles. The van der Waals surface area contributed by atoms with Gasteiger partial charge < -0.3 is 9.15 Å². The van der Waals surface area contributed by atoms with E-state index in [2.05, 4.69) is 0 Å². The van der Waals surface area contributed by atoms with Crippen LogP contribution in [0.3, 0.4) is 0 Å². The third-order valence-corrected chi connectivity index (χ3v) is 3.89. The largest absolute Gasteiger partial charge is 0.456 e. The molecule has 0 radical (unpaired) electrons. The number of hydrogen-bond donors (Lipinski definition) is 0. The van der Waals surface area contributed by atoms with E-state index in [1.807, 2.05) is 42.5 Å². The van der Waals surface area contributed by atoms with Gasteiger partial charge in [-0.05, 0) is 36.8 Å². The van der Waals surface area contributed by atoms with Crippen molar-refractivity contribution in [1.29, 1.82) is 0 Å². The Labute approximate surface area is 131 Å². The molecule has 3 aromatic rings. The molecule has 0 spiro atoms. The van der Waals surface area contributed by atoms with Gasteiger partial charge in [0.1, 0.15) is 11.2 Å². The molecule has 0 unspecified atom stereocenters. The van der Waals surface area contributed by atoms with Crippen molar-refractivity contribution in [2.45, 2.75) is 6.92 Å². The van der Waals surface area contributed by atoms with Gasteiger partial charge in [0.05, 0.1) is 0 Å². The summed E-state index contributed by atoms with van der Waals surface area (Å²) < 4.78 is 10.8. The maximum absolute atomic E-state index is 12.1. The average Bonchev–Trinajstić information content (AvgIpc) is 3.05. The number of carbonyl (C=O) groups is 2. The smallest absolute Gasteiger partial charge is 0.422 e. The summed E-state index contributed by atoms with van der Waals surface area (Å²) in [6.45, 7) is 2.02. The van der Waals surface area contributed by atoms with Crippen molar-refractivity contribution in [3.05, 3.63) is 53.8 Å². The summed E-state index contributed by atoms with van der Waals surface area (Å²) in [5, 5.41) is 1.96. The maximum Gasteiger partial charge on any atom is 0.422 e. The number of nitrogens with zero attached hydrogens (tertiary/aromatic N) is 1. The summed E-state index contributed by atoms with van der Waals surface area (Å²) in [6.07, 6.45) is 0.954.